The first-order chi connectivity index (χ1) is 8.34. The molecule has 0 amide bonds. The first-order valence-electron chi connectivity index (χ1n) is 6.89. The van der Waals surface area contributed by atoms with Gasteiger partial charge in [-0.2, -0.15) is 0 Å². The fourth-order valence-electron chi connectivity index (χ4n) is 4.83. The molecule has 0 unspecified atom stereocenters. The minimum atomic E-state index is -0.569. The van der Waals surface area contributed by atoms with E-state index >= 15 is 0 Å². The molecule has 1 saturated heterocycles. The predicted molar refractivity (Wildman–Crippen MR) is 64.9 cm³/mol. The predicted octanol–water partition coefficient (Wildman–Crippen LogP) is 0.891. The van der Waals surface area contributed by atoms with Crippen molar-refractivity contribution in [1.82, 2.24) is 0 Å². The van der Waals surface area contributed by atoms with Crippen LogP contribution in [0.25, 0.3) is 0 Å². The number of carbonyl (C=O) groups is 1. The average molecular weight is 254 g/mol. The summed E-state index contributed by atoms with van der Waals surface area (Å²) < 4.78 is 5.87. The van der Waals surface area contributed by atoms with Crippen LogP contribution >= 0.6 is 0 Å². The summed E-state index contributed by atoms with van der Waals surface area (Å²) >= 11 is 0. The molecule has 4 heteroatoms. The maximum Gasteiger partial charge on any atom is 0.136 e. The third-order valence-corrected chi connectivity index (χ3v) is 5.90. The Hall–Kier alpha value is -0.450. The van der Waals surface area contributed by atoms with Crippen molar-refractivity contribution in [2.75, 3.05) is 0 Å². The third-order valence-electron chi connectivity index (χ3n) is 5.90. The second kappa shape index (κ2) is 3.56. The number of epoxide rings is 1. The summed E-state index contributed by atoms with van der Waals surface area (Å²) in [5.74, 6) is -0.143. The van der Waals surface area contributed by atoms with Gasteiger partial charge < -0.3 is 14.9 Å². The van der Waals surface area contributed by atoms with Gasteiger partial charge in [0, 0.05) is 5.41 Å². The number of rotatable bonds is 1. The summed E-state index contributed by atoms with van der Waals surface area (Å²) in [4.78, 5) is 12.0. The highest BCUT2D eigenvalue weighted by Gasteiger charge is 2.77. The second-order valence-electron chi connectivity index (χ2n) is 6.61. The molecule has 0 radical (unpaired) electrons. The average Bonchev–Trinajstić information content (AvgIpc) is 2.99. The Bertz CT molecular complexity index is 395. The number of ketones is 1. The molecule has 2 saturated carbocycles. The van der Waals surface area contributed by atoms with Gasteiger partial charge in [-0.25, -0.2) is 0 Å². The summed E-state index contributed by atoms with van der Waals surface area (Å²) in [7, 11) is 0. The molecular formula is C14H22O4. The van der Waals surface area contributed by atoms with E-state index in [-0.39, 0.29) is 34.7 Å². The van der Waals surface area contributed by atoms with Crippen molar-refractivity contribution in [1.29, 1.82) is 0 Å². The van der Waals surface area contributed by atoms with Crippen molar-refractivity contribution < 1.29 is 19.7 Å². The molecule has 1 spiro atoms. The van der Waals surface area contributed by atoms with E-state index in [1.54, 1.807) is 6.92 Å². The highest BCUT2D eigenvalue weighted by Crippen LogP contribution is 2.68. The van der Waals surface area contributed by atoms with Crippen LogP contribution in [0.5, 0.6) is 0 Å². The van der Waals surface area contributed by atoms with Crippen molar-refractivity contribution in [2.24, 2.45) is 17.3 Å². The molecule has 0 bridgehead atoms. The Balaban J connectivity index is 2.05. The van der Waals surface area contributed by atoms with E-state index in [0.29, 0.717) is 12.8 Å². The Morgan fingerprint density at radius 1 is 1.33 bits per heavy atom. The fraction of sp³-hybridized carbons (Fsp3) is 0.929. The zero-order valence-corrected chi connectivity index (χ0v) is 11.2. The second-order valence-corrected chi connectivity index (χ2v) is 6.61. The normalized spacial score (nSPS) is 58.6. The lowest BCUT2D eigenvalue weighted by molar-refractivity contribution is -0.151. The molecular weight excluding hydrogens is 232 g/mol. The van der Waals surface area contributed by atoms with Gasteiger partial charge >= 0.3 is 0 Å². The number of hydrogen-bond acceptors (Lipinski definition) is 4. The van der Waals surface area contributed by atoms with Crippen LogP contribution in [0, 0.1) is 17.3 Å². The summed E-state index contributed by atoms with van der Waals surface area (Å²) in [6, 6.07) is 0. The smallest absolute Gasteiger partial charge is 0.136 e. The summed E-state index contributed by atoms with van der Waals surface area (Å²) in [5.41, 5.74) is -0.722. The van der Waals surface area contributed by atoms with Crippen molar-refractivity contribution in [2.45, 2.75) is 63.9 Å². The van der Waals surface area contributed by atoms with Gasteiger partial charge in [0.2, 0.25) is 0 Å². The SMILES string of the molecule is CC(=O)[C@H]1[C@H](O)CC[C@]23O[C@H]2[C@@H](O)C[C@H](C)[C@@]13C. The molecule has 1 heterocycles. The number of aliphatic hydroxyl groups excluding tert-OH is 2. The van der Waals surface area contributed by atoms with E-state index in [4.69, 9.17) is 4.74 Å². The Morgan fingerprint density at radius 3 is 2.61 bits per heavy atom. The largest absolute Gasteiger partial charge is 0.392 e. The summed E-state index contributed by atoms with van der Waals surface area (Å²) in [5, 5.41) is 20.3. The van der Waals surface area contributed by atoms with Crippen LogP contribution in [0.2, 0.25) is 0 Å². The first kappa shape index (κ1) is 12.6. The monoisotopic (exact) mass is 254 g/mol. The maximum absolute atomic E-state index is 12.0. The van der Waals surface area contributed by atoms with Crippen molar-refractivity contribution in [3.05, 3.63) is 0 Å². The van der Waals surface area contributed by atoms with E-state index in [9.17, 15) is 15.0 Å². The molecule has 102 valence electrons. The van der Waals surface area contributed by atoms with Gasteiger partial charge in [0.25, 0.3) is 0 Å². The van der Waals surface area contributed by atoms with E-state index in [0.717, 1.165) is 6.42 Å². The lowest BCUT2D eigenvalue weighted by Crippen LogP contribution is -2.61. The van der Waals surface area contributed by atoms with Gasteiger partial charge in [0.15, 0.2) is 0 Å². The molecule has 3 aliphatic rings. The molecule has 3 fully saturated rings. The fourth-order valence-corrected chi connectivity index (χ4v) is 4.83. The molecule has 7 atom stereocenters. The number of Topliss-reactive ketones (excluding diaryl/α,β-unsaturated/α-hetero) is 1. The zero-order chi connectivity index (χ0) is 13.3. The van der Waals surface area contributed by atoms with Gasteiger partial charge in [0.05, 0.1) is 18.1 Å². The molecule has 0 aromatic carbocycles. The minimum Gasteiger partial charge on any atom is -0.392 e. The third kappa shape index (κ3) is 1.24. The van der Waals surface area contributed by atoms with Crippen molar-refractivity contribution in [3.8, 4) is 0 Å². The van der Waals surface area contributed by atoms with Crippen molar-refractivity contribution in [3.63, 3.8) is 0 Å². The van der Waals surface area contributed by atoms with Gasteiger partial charge in [-0.05, 0) is 32.1 Å². The first-order valence-corrected chi connectivity index (χ1v) is 6.89. The van der Waals surface area contributed by atoms with E-state index < -0.39 is 12.2 Å². The lowest BCUT2D eigenvalue weighted by Gasteiger charge is -2.53. The molecule has 4 nitrogen and oxygen atoms in total. The Labute approximate surface area is 107 Å². The number of carbonyl (C=O) groups excluding carboxylic acids is 1. The van der Waals surface area contributed by atoms with E-state index in [1.165, 1.54) is 0 Å². The van der Waals surface area contributed by atoms with Crippen LogP contribution < -0.4 is 0 Å². The van der Waals surface area contributed by atoms with Crippen LogP contribution in [-0.2, 0) is 9.53 Å². The lowest BCUT2D eigenvalue weighted by atomic mass is 9.49. The number of hydrogen-bond donors (Lipinski definition) is 2. The van der Waals surface area contributed by atoms with Gasteiger partial charge in [-0.3, -0.25) is 4.79 Å². The molecule has 0 aromatic rings. The maximum atomic E-state index is 12.0. The van der Waals surface area contributed by atoms with Gasteiger partial charge in [-0.15, -0.1) is 0 Å². The number of ether oxygens (including phenoxy) is 1. The highest BCUT2D eigenvalue weighted by atomic mass is 16.6. The molecule has 2 aliphatic carbocycles. The van der Waals surface area contributed by atoms with E-state index in [2.05, 4.69) is 13.8 Å². The van der Waals surface area contributed by atoms with Crippen LogP contribution in [0.4, 0.5) is 0 Å². The van der Waals surface area contributed by atoms with Crippen LogP contribution in [-0.4, -0.2) is 39.9 Å². The quantitative estimate of drug-likeness (QED) is 0.682. The molecule has 0 aromatic heterocycles. The van der Waals surface area contributed by atoms with Crippen molar-refractivity contribution >= 4 is 5.78 Å². The van der Waals surface area contributed by atoms with Crippen LogP contribution in [0.3, 0.4) is 0 Å². The zero-order valence-electron chi connectivity index (χ0n) is 11.2. The minimum absolute atomic E-state index is 0.0431. The molecule has 3 rings (SSSR count). The standard InChI is InChI=1S/C14H22O4/c1-7-6-10(17)12-14(18-12)5-4-9(16)11(8(2)15)13(7,14)3/h7,9-12,16-17H,4-6H2,1-3H3/t7-,9+,10-,11-,12-,13-,14-/m0/s1. The van der Waals surface area contributed by atoms with Crippen LogP contribution in [0.1, 0.15) is 40.0 Å². The topological polar surface area (TPSA) is 70.1 Å². The molecule has 2 N–H and O–H groups in total. The van der Waals surface area contributed by atoms with E-state index in [1.807, 2.05) is 0 Å². The summed E-state index contributed by atoms with van der Waals surface area (Å²) in [6.45, 7) is 5.70. The van der Waals surface area contributed by atoms with Gasteiger partial charge in [-0.1, -0.05) is 13.8 Å². The Kier molecular flexibility index (Phi) is 2.48. The Morgan fingerprint density at radius 2 is 2.00 bits per heavy atom. The highest BCUT2D eigenvalue weighted by molar-refractivity contribution is 5.80. The van der Waals surface area contributed by atoms with Gasteiger partial charge in [0.1, 0.15) is 17.5 Å². The van der Waals surface area contributed by atoms with Crippen LogP contribution in [0.15, 0.2) is 0 Å². The summed E-state index contributed by atoms with van der Waals surface area (Å²) in [6.07, 6.45) is 0.875. The molecule has 1 aliphatic heterocycles. The molecule has 18 heavy (non-hydrogen) atoms. The number of aliphatic hydroxyl groups is 2.